The fraction of sp³-hybridized carbons (Fsp3) is 0.786. The van der Waals surface area contributed by atoms with Crippen molar-refractivity contribution in [2.24, 2.45) is 17.8 Å². The van der Waals surface area contributed by atoms with Gasteiger partial charge in [0.15, 0.2) is 11.6 Å². The molecule has 1 aliphatic carbocycles. The largest absolute Gasteiger partial charge is 0.488 e. The minimum atomic E-state index is -0.592. The van der Waals surface area contributed by atoms with Crippen LogP contribution in [0.3, 0.4) is 0 Å². The summed E-state index contributed by atoms with van der Waals surface area (Å²) in [5.74, 6) is 2.79. The zero-order valence-electron chi connectivity index (χ0n) is 20.4. The van der Waals surface area contributed by atoms with Crippen LogP contribution in [-0.4, -0.2) is 22.1 Å². The lowest BCUT2D eigenvalue weighted by Crippen LogP contribution is -2.28. The molecule has 1 aliphatic heterocycles. The van der Waals surface area contributed by atoms with E-state index >= 15 is 0 Å². The molecule has 0 spiro atoms. The predicted molar refractivity (Wildman–Crippen MR) is 135 cm³/mol. The van der Waals surface area contributed by atoms with Gasteiger partial charge >= 0.3 is 0 Å². The Labute approximate surface area is 197 Å². The fourth-order valence-corrected chi connectivity index (χ4v) is 9.84. The third kappa shape index (κ3) is 8.46. The number of benzene rings is 1. The van der Waals surface area contributed by atoms with Crippen molar-refractivity contribution in [2.75, 3.05) is 13.3 Å². The van der Waals surface area contributed by atoms with Crippen LogP contribution in [0.15, 0.2) is 18.2 Å². The van der Waals surface area contributed by atoms with E-state index in [-0.39, 0.29) is 27.0 Å². The van der Waals surface area contributed by atoms with Gasteiger partial charge in [-0.1, -0.05) is 88.9 Å². The Bertz CT molecular complexity index is 636. The first kappa shape index (κ1) is 25.7. The van der Waals surface area contributed by atoms with Crippen molar-refractivity contribution in [3.63, 3.8) is 0 Å². The number of ether oxygens (including phenoxy) is 1. The van der Waals surface area contributed by atoms with Crippen LogP contribution in [-0.2, 0) is 6.42 Å². The average Bonchev–Trinajstić information content (AvgIpc) is 2.82. The number of hydrogen-bond acceptors (Lipinski definition) is 1. The Balaban J connectivity index is 1.26. The van der Waals surface area contributed by atoms with Gasteiger partial charge in [0, 0.05) is 8.80 Å². The highest BCUT2D eigenvalue weighted by atomic mass is 28.3. The maximum Gasteiger partial charge on any atom is 0.165 e. The molecule has 0 N–H and O–H groups in total. The van der Waals surface area contributed by atoms with Crippen molar-refractivity contribution in [3.05, 3.63) is 29.6 Å². The van der Waals surface area contributed by atoms with Gasteiger partial charge in [-0.05, 0) is 61.1 Å². The number of aryl methyl sites for hydroxylation is 1. The van der Waals surface area contributed by atoms with Gasteiger partial charge in [0.2, 0.25) is 0 Å². The third-order valence-corrected chi connectivity index (χ3v) is 11.8. The zero-order valence-corrected chi connectivity index (χ0v) is 21.6. The van der Waals surface area contributed by atoms with Gasteiger partial charge in [-0.15, -0.1) is 0 Å². The summed E-state index contributed by atoms with van der Waals surface area (Å²) in [6.07, 6.45) is 17.9. The summed E-state index contributed by atoms with van der Waals surface area (Å²) in [6, 6.07) is 10.0. The first-order valence-electron chi connectivity index (χ1n) is 13.7. The van der Waals surface area contributed by atoms with Crippen molar-refractivity contribution < 1.29 is 13.5 Å². The number of rotatable bonds is 13. The summed E-state index contributed by atoms with van der Waals surface area (Å²) in [6.45, 7) is 1.65. The SMILES string of the molecule is CCCCC[SiH]1CCC([C@H]2CC[C@H](CCCCc3ccc(OCCF)c(F)c3)CC2)CC1. The average molecular weight is 465 g/mol. The molecule has 1 heterocycles. The van der Waals surface area contributed by atoms with Crippen molar-refractivity contribution >= 4 is 8.80 Å². The summed E-state index contributed by atoms with van der Waals surface area (Å²) >= 11 is 0. The topological polar surface area (TPSA) is 9.23 Å². The second-order valence-electron chi connectivity index (χ2n) is 10.6. The molecule has 0 unspecified atom stereocenters. The lowest BCUT2D eigenvalue weighted by Gasteiger charge is -2.37. The van der Waals surface area contributed by atoms with E-state index in [9.17, 15) is 8.78 Å². The molecular formula is C28H46F2OSi. The summed E-state index contributed by atoms with van der Waals surface area (Å²) in [7, 11) is -0.365. The van der Waals surface area contributed by atoms with Gasteiger partial charge in [-0.3, -0.25) is 0 Å². The molecule has 32 heavy (non-hydrogen) atoms. The summed E-state index contributed by atoms with van der Waals surface area (Å²) in [5, 5.41) is 0. The second kappa shape index (κ2) is 14.4. The second-order valence-corrected chi connectivity index (χ2v) is 14.1. The Hall–Kier alpha value is -0.903. The van der Waals surface area contributed by atoms with E-state index < -0.39 is 6.67 Å². The van der Waals surface area contributed by atoms with Crippen LogP contribution < -0.4 is 4.74 Å². The van der Waals surface area contributed by atoms with E-state index in [1.165, 1.54) is 57.8 Å². The number of hydrogen-bond donors (Lipinski definition) is 0. The van der Waals surface area contributed by atoms with Crippen LogP contribution in [0.25, 0.3) is 0 Å². The van der Waals surface area contributed by atoms with E-state index in [2.05, 4.69) is 6.92 Å². The van der Waals surface area contributed by atoms with E-state index in [4.69, 9.17) is 4.74 Å². The molecule has 1 aromatic carbocycles. The molecule has 0 amide bonds. The maximum absolute atomic E-state index is 14.0. The third-order valence-electron chi connectivity index (χ3n) is 8.32. The molecular weight excluding hydrogens is 418 g/mol. The lowest BCUT2D eigenvalue weighted by atomic mass is 9.73. The lowest BCUT2D eigenvalue weighted by molar-refractivity contribution is 0.184. The molecule has 2 fully saturated rings. The number of alkyl halides is 1. The van der Waals surface area contributed by atoms with E-state index in [0.717, 1.165) is 36.2 Å². The molecule has 0 radical (unpaired) electrons. The predicted octanol–water partition coefficient (Wildman–Crippen LogP) is 8.52. The quantitative estimate of drug-likeness (QED) is 0.210. The van der Waals surface area contributed by atoms with Gasteiger partial charge in [-0.2, -0.15) is 0 Å². The molecule has 1 nitrogen and oxygen atoms in total. The highest BCUT2D eigenvalue weighted by Gasteiger charge is 2.30. The minimum absolute atomic E-state index is 0.0828. The molecule has 0 atom stereocenters. The molecule has 0 bridgehead atoms. The normalized spacial score (nSPS) is 26.2. The molecule has 1 saturated heterocycles. The van der Waals surface area contributed by atoms with Crippen LogP contribution in [0, 0.1) is 23.6 Å². The Morgan fingerprint density at radius 2 is 1.69 bits per heavy atom. The highest BCUT2D eigenvalue weighted by Crippen LogP contribution is 2.42. The first-order chi connectivity index (χ1) is 15.7. The molecule has 4 heteroatoms. The number of halogens is 2. The maximum atomic E-state index is 14.0. The first-order valence-corrected chi connectivity index (χ1v) is 16.1. The van der Waals surface area contributed by atoms with Crippen molar-refractivity contribution in [3.8, 4) is 5.75 Å². The van der Waals surface area contributed by atoms with Gasteiger partial charge < -0.3 is 4.74 Å². The molecule has 0 aromatic heterocycles. The summed E-state index contributed by atoms with van der Waals surface area (Å²) in [4.78, 5) is 0. The van der Waals surface area contributed by atoms with Crippen LogP contribution >= 0.6 is 0 Å². The van der Waals surface area contributed by atoms with E-state index in [1.54, 1.807) is 43.1 Å². The fourth-order valence-electron chi connectivity index (χ4n) is 6.31. The highest BCUT2D eigenvalue weighted by molar-refractivity contribution is 6.58. The van der Waals surface area contributed by atoms with Crippen molar-refractivity contribution in [1.82, 2.24) is 0 Å². The van der Waals surface area contributed by atoms with Gasteiger partial charge in [-0.25, -0.2) is 8.78 Å². The summed E-state index contributed by atoms with van der Waals surface area (Å²) in [5.41, 5.74) is 1.02. The van der Waals surface area contributed by atoms with Gasteiger partial charge in [0.1, 0.15) is 13.3 Å². The smallest absolute Gasteiger partial charge is 0.165 e. The van der Waals surface area contributed by atoms with Crippen molar-refractivity contribution in [1.29, 1.82) is 0 Å². The zero-order chi connectivity index (χ0) is 22.6. The van der Waals surface area contributed by atoms with Crippen LogP contribution in [0.4, 0.5) is 8.78 Å². The molecule has 1 aromatic rings. The summed E-state index contributed by atoms with van der Waals surface area (Å²) < 4.78 is 31.3. The van der Waals surface area contributed by atoms with Crippen molar-refractivity contribution in [2.45, 2.75) is 109 Å². The van der Waals surface area contributed by atoms with Crippen LogP contribution in [0.5, 0.6) is 5.75 Å². The molecule has 182 valence electrons. The Morgan fingerprint density at radius 1 is 0.938 bits per heavy atom. The standard InChI is InChI=1S/C28H46F2OSi/c1-2-3-6-19-32-20-15-26(16-21-32)25-12-9-23(10-13-25)7-4-5-8-24-11-14-28(27(30)22-24)31-18-17-29/h11,14,22-23,25-26,32H,2-10,12-13,15-21H2,1H3/t23-,25-,26?,32?. The molecule has 1 saturated carbocycles. The monoisotopic (exact) mass is 464 g/mol. The van der Waals surface area contributed by atoms with E-state index in [0.29, 0.717) is 0 Å². The molecule has 3 rings (SSSR count). The Kier molecular flexibility index (Phi) is 11.6. The van der Waals surface area contributed by atoms with Crippen LogP contribution in [0.1, 0.15) is 89.5 Å². The number of unbranched alkanes of at least 4 members (excludes halogenated alkanes) is 3. The Morgan fingerprint density at radius 3 is 2.38 bits per heavy atom. The van der Waals surface area contributed by atoms with Gasteiger partial charge in [0.25, 0.3) is 0 Å². The minimum Gasteiger partial charge on any atom is -0.488 e. The van der Waals surface area contributed by atoms with Gasteiger partial charge in [0.05, 0.1) is 0 Å². The van der Waals surface area contributed by atoms with Crippen LogP contribution in [0.2, 0.25) is 18.1 Å². The molecule has 2 aliphatic rings. The van der Waals surface area contributed by atoms with E-state index in [1.807, 2.05) is 6.07 Å².